The fourth-order valence-electron chi connectivity index (χ4n) is 2.49. The predicted octanol–water partition coefficient (Wildman–Crippen LogP) is 4.41. The minimum atomic E-state index is -0.501. The number of amides is 1. The Hall–Kier alpha value is -1.68. The van der Waals surface area contributed by atoms with Crippen molar-refractivity contribution in [2.24, 2.45) is 0 Å². The van der Waals surface area contributed by atoms with E-state index in [1.165, 1.54) is 0 Å². The van der Waals surface area contributed by atoms with Crippen LogP contribution in [0, 0.1) is 11.3 Å². The van der Waals surface area contributed by atoms with Gasteiger partial charge in [-0.2, -0.15) is 5.26 Å². The van der Waals surface area contributed by atoms with E-state index < -0.39 is 5.92 Å². The molecule has 5 nitrogen and oxygen atoms in total. The second kappa shape index (κ2) is 9.86. The number of carbonyl (C=O) groups excluding carboxylic acids is 2. The Kier molecular flexibility index (Phi) is 7.83. The third-order valence-corrected chi connectivity index (χ3v) is 5.63. The topological polar surface area (TPSA) is 79.2 Å². The molecule has 0 aromatic heterocycles. The van der Waals surface area contributed by atoms with E-state index in [4.69, 9.17) is 27.9 Å². The first-order valence-electron chi connectivity index (χ1n) is 8.14. The minimum absolute atomic E-state index is 0.0144. The number of benzene rings is 1. The van der Waals surface area contributed by atoms with Crippen molar-refractivity contribution in [3.8, 4) is 6.07 Å². The molecule has 0 fully saturated rings. The zero-order valence-corrected chi connectivity index (χ0v) is 16.5. The van der Waals surface area contributed by atoms with E-state index in [2.05, 4.69) is 11.4 Å². The molecule has 0 saturated heterocycles. The van der Waals surface area contributed by atoms with Crippen LogP contribution in [0.5, 0.6) is 0 Å². The van der Waals surface area contributed by atoms with Crippen molar-refractivity contribution in [2.45, 2.75) is 32.1 Å². The largest absolute Gasteiger partial charge is 0.465 e. The lowest BCUT2D eigenvalue weighted by molar-refractivity contribution is -0.140. The third kappa shape index (κ3) is 5.16. The number of hydrogen-bond donors (Lipinski definition) is 1. The molecule has 1 aliphatic rings. The van der Waals surface area contributed by atoms with Crippen molar-refractivity contribution in [1.82, 2.24) is 5.32 Å². The summed E-state index contributed by atoms with van der Waals surface area (Å²) in [6.07, 6.45) is 1.82. The molecule has 1 N–H and O–H groups in total. The van der Waals surface area contributed by atoms with Crippen LogP contribution in [0.3, 0.4) is 0 Å². The molecule has 8 heteroatoms. The zero-order chi connectivity index (χ0) is 19.1. The fourth-order valence-corrected chi connectivity index (χ4v) is 3.81. The summed E-state index contributed by atoms with van der Waals surface area (Å²) in [5, 5.41) is 13.3. The first-order chi connectivity index (χ1) is 12.5. The van der Waals surface area contributed by atoms with Gasteiger partial charge in [-0.3, -0.25) is 9.59 Å². The highest BCUT2D eigenvalue weighted by Crippen LogP contribution is 2.40. The standard InChI is InChI=1S/C18H18Cl2N2O3S/c1-2-3-7-25-16(24)10-26-18-13(9-21)12(8-15(23)22-18)11-5-4-6-14(19)17(11)20/h4-6,12H,2-3,7-8,10H2,1H3,(H,22,23)/t12-/m0/s1. The number of nitriles is 1. The Balaban J connectivity index is 2.21. The van der Waals surface area contributed by atoms with Gasteiger partial charge in [-0.15, -0.1) is 0 Å². The van der Waals surface area contributed by atoms with Gasteiger partial charge >= 0.3 is 5.97 Å². The van der Waals surface area contributed by atoms with Gasteiger partial charge in [-0.05, 0) is 18.1 Å². The molecule has 26 heavy (non-hydrogen) atoms. The summed E-state index contributed by atoms with van der Waals surface area (Å²) in [6.45, 7) is 2.37. The summed E-state index contributed by atoms with van der Waals surface area (Å²) in [4.78, 5) is 23.9. The second-order valence-electron chi connectivity index (χ2n) is 5.67. The van der Waals surface area contributed by atoms with Gasteiger partial charge < -0.3 is 10.1 Å². The molecule has 1 aliphatic heterocycles. The van der Waals surface area contributed by atoms with Gasteiger partial charge in [0.15, 0.2) is 0 Å². The fraction of sp³-hybridized carbons (Fsp3) is 0.389. The first kappa shape index (κ1) is 20.6. The third-order valence-electron chi connectivity index (χ3n) is 3.81. The lowest BCUT2D eigenvalue weighted by Gasteiger charge is -2.25. The summed E-state index contributed by atoms with van der Waals surface area (Å²) < 4.78 is 5.10. The van der Waals surface area contributed by atoms with Gasteiger partial charge in [0.2, 0.25) is 5.91 Å². The predicted molar refractivity (Wildman–Crippen MR) is 103 cm³/mol. The van der Waals surface area contributed by atoms with Crippen LogP contribution in [0.1, 0.15) is 37.7 Å². The number of allylic oxidation sites excluding steroid dienone is 1. The Morgan fingerprint density at radius 1 is 1.46 bits per heavy atom. The molecule has 1 heterocycles. The van der Waals surface area contributed by atoms with E-state index in [0.29, 0.717) is 32.8 Å². The first-order valence-corrected chi connectivity index (χ1v) is 9.88. The van der Waals surface area contributed by atoms with Gasteiger partial charge in [-0.25, -0.2) is 0 Å². The summed E-state index contributed by atoms with van der Waals surface area (Å²) >= 11 is 13.4. The van der Waals surface area contributed by atoms with E-state index in [0.717, 1.165) is 24.6 Å². The molecule has 1 atom stereocenters. The number of nitrogens with one attached hydrogen (secondary N) is 1. The second-order valence-corrected chi connectivity index (χ2v) is 7.44. The molecule has 0 spiro atoms. The molecular formula is C18H18Cl2N2O3S. The summed E-state index contributed by atoms with van der Waals surface area (Å²) in [5.74, 6) is -1.11. The van der Waals surface area contributed by atoms with Gasteiger partial charge in [0.1, 0.15) is 0 Å². The number of esters is 1. The summed E-state index contributed by atoms with van der Waals surface area (Å²) in [7, 11) is 0. The number of ether oxygens (including phenoxy) is 1. The maximum atomic E-state index is 12.1. The molecule has 0 radical (unpaired) electrons. The minimum Gasteiger partial charge on any atom is -0.465 e. The monoisotopic (exact) mass is 412 g/mol. The number of thioether (sulfide) groups is 1. The van der Waals surface area contributed by atoms with Crippen LogP contribution in [-0.2, 0) is 14.3 Å². The van der Waals surface area contributed by atoms with Crippen LogP contribution in [-0.4, -0.2) is 24.2 Å². The van der Waals surface area contributed by atoms with Gasteiger partial charge in [0, 0.05) is 12.3 Å². The Labute approximate surface area is 166 Å². The van der Waals surface area contributed by atoms with E-state index in [9.17, 15) is 14.9 Å². The van der Waals surface area contributed by atoms with E-state index >= 15 is 0 Å². The van der Waals surface area contributed by atoms with Crippen LogP contribution in [0.4, 0.5) is 0 Å². The van der Waals surface area contributed by atoms with Gasteiger partial charge in [0.05, 0.1) is 39.1 Å². The van der Waals surface area contributed by atoms with Crippen LogP contribution in [0.2, 0.25) is 10.0 Å². The van der Waals surface area contributed by atoms with Gasteiger partial charge in [0.25, 0.3) is 0 Å². The lowest BCUT2D eigenvalue weighted by Crippen LogP contribution is -2.31. The summed E-state index contributed by atoms with van der Waals surface area (Å²) in [5.41, 5.74) is 0.981. The Bertz CT molecular complexity index is 774. The molecule has 0 aliphatic carbocycles. The van der Waals surface area contributed by atoms with Crippen LogP contribution in [0.15, 0.2) is 28.8 Å². The molecule has 2 rings (SSSR count). The van der Waals surface area contributed by atoms with Crippen molar-refractivity contribution in [3.05, 3.63) is 44.4 Å². The smallest absolute Gasteiger partial charge is 0.316 e. The number of unbranched alkanes of at least 4 members (excludes halogenated alkanes) is 1. The van der Waals surface area contributed by atoms with E-state index in [-0.39, 0.29) is 24.1 Å². The van der Waals surface area contributed by atoms with Crippen molar-refractivity contribution in [3.63, 3.8) is 0 Å². The molecule has 1 aromatic carbocycles. The normalized spacial score (nSPS) is 16.8. The molecule has 138 valence electrons. The number of hydrogen-bond acceptors (Lipinski definition) is 5. The van der Waals surface area contributed by atoms with Crippen molar-refractivity contribution in [2.75, 3.05) is 12.4 Å². The quantitative estimate of drug-likeness (QED) is 0.529. The zero-order valence-electron chi connectivity index (χ0n) is 14.2. The lowest BCUT2D eigenvalue weighted by atomic mass is 9.87. The number of halogens is 2. The number of carbonyl (C=O) groups is 2. The van der Waals surface area contributed by atoms with Crippen molar-refractivity contribution < 1.29 is 14.3 Å². The SMILES string of the molecule is CCCCOC(=O)CSC1=C(C#N)[C@H](c2cccc(Cl)c2Cl)CC(=O)N1. The van der Waals surface area contributed by atoms with E-state index in [1.54, 1.807) is 18.2 Å². The average molecular weight is 413 g/mol. The Morgan fingerprint density at radius 3 is 2.92 bits per heavy atom. The van der Waals surface area contributed by atoms with Crippen LogP contribution in [0.25, 0.3) is 0 Å². The van der Waals surface area contributed by atoms with Gasteiger partial charge in [-0.1, -0.05) is 60.4 Å². The maximum absolute atomic E-state index is 12.1. The maximum Gasteiger partial charge on any atom is 0.316 e. The molecule has 1 amide bonds. The molecular weight excluding hydrogens is 395 g/mol. The summed E-state index contributed by atoms with van der Waals surface area (Å²) in [6, 6.07) is 7.25. The highest BCUT2D eigenvalue weighted by atomic mass is 35.5. The molecule has 0 unspecified atom stereocenters. The molecule has 0 bridgehead atoms. The van der Waals surface area contributed by atoms with Crippen LogP contribution >= 0.6 is 35.0 Å². The van der Waals surface area contributed by atoms with Crippen molar-refractivity contribution >= 4 is 46.8 Å². The van der Waals surface area contributed by atoms with Crippen LogP contribution < -0.4 is 5.32 Å². The van der Waals surface area contributed by atoms with Crippen molar-refractivity contribution in [1.29, 1.82) is 5.26 Å². The highest BCUT2D eigenvalue weighted by molar-refractivity contribution is 8.03. The molecule has 1 aromatic rings. The highest BCUT2D eigenvalue weighted by Gasteiger charge is 2.31. The number of nitrogens with zero attached hydrogens (tertiary/aromatic N) is 1. The average Bonchev–Trinajstić information content (AvgIpc) is 2.62. The number of rotatable bonds is 7. The Morgan fingerprint density at radius 2 is 2.23 bits per heavy atom. The van der Waals surface area contributed by atoms with E-state index in [1.807, 2.05) is 6.92 Å². The molecule has 0 saturated carbocycles.